The molecular formula is C20H24N4O5. The molecule has 1 aromatic heterocycles. The molecule has 0 atom stereocenters. The molecule has 154 valence electrons. The second-order valence-electron chi connectivity index (χ2n) is 7.40. The van der Waals surface area contributed by atoms with Crippen molar-refractivity contribution < 1.29 is 23.6 Å². The molecule has 0 aliphatic carbocycles. The van der Waals surface area contributed by atoms with E-state index in [1.165, 1.54) is 0 Å². The van der Waals surface area contributed by atoms with Crippen LogP contribution in [0.5, 0.6) is 11.5 Å². The van der Waals surface area contributed by atoms with Crippen molar-refractivity contribution in [3.05, 3.63) is 35.7 Å². The predicted octanol–water partition coefficient (Wildman–Crippen LogP) is 2.91. The van der Waals surface area contributed by atoms with Gasteiger partial charge in [-0.2, -0.15) is 0 Å². The van der Waals surface area contributed by atoms with Crippen LogP contribution in [0.2, 0.25) is 0 Å². The van der Waals surface area contributed by atoms with Crippen LogP contribution in [0.25, 0.3) is 0 Å². The normalized spacial score (nSPS) is 16.1. The molecule has 0 spiro atoms. The van der Waals surface area contributed by atoms with Crippen molar-refractivity contribution in [2.75, 3.05) is 38.3 Å². The third kappa shape index (κ3) is 4.13. The van der Waals surface area contributed by atoms with Crippen molar-refractivity contribution in [2.24, 2.45) is 0 Å². The van der Waals surface area contributed by atoms with Crippen LogP contribution in [0.4, 0.5) is 10.5 Å². The first-order chi connectivity index (χ1) is 14.0. The van der Waals surface area contributed by atoms with Crippen LogP contribution in [-0.2, 0) is 0 Å². The van der Waals surface area contributed by atoms with E-state index in [0.717, 1.165) is 5.69 Å². The van der Waals surface area contributed by atoms with Gasteiger partial charge in [0.15, 0.2) is 11.5 Å². The van der Waals surface area contributed by atoms with E-state index in [1.807, 2.05) is 13.8 Å². The summed E-state index contributed by atoms with van der Waals surface area (Å²) in [5.74, 6) is 1.53. The molecule has 2 aliphatic heterocycles. The average molecular weight is 400 g/mol. The van der Waals surface area contributed by atoms with Crippen molar-refractivity contribution in [1.82, 2.24) is 15.0 Å². The Bertz CT molecular complexity index is 910. The van der Waals surface area contributed by atoms with E-state index in [4.69, 9.17) is 14.0 Å². The van der Waals surface area contributed by atoms with Gasteiger partial charge in [0.25, 0.3) is 5.91 Å². The molecule has 2 aliphatic rings. The summed E-state index contributed by atoms with van der Waals surface area (Å²) in [6.45, 7) is 6.17. The zero-order valence-corrected chi connectivity index (χ0v) is 16.5. The molecule has 0 radical (unpaired) electrons. The van der Waals surface area contributed by atoms with Gasteiger partial charge in [-0.25, -0.2) is 4.79 Å². The van der Waals surface area contributed by atoms with Crippen LogP contribution in [0.1, 0.15) is 42.4 Å². The summed E-state index contributed by atoms with van der Waals surface area (Å²) in [5, 5.41) is 6.83. The van der Waals surface area contributed by atoms with Crippen LogP contribution in [0, 0.1) is 0 Å². The number of fused-ring (bicyclic) bond motifs is 1. The monoisotopic (exact) mass is 400 g/mol. The van der Waals surface area contributed by atoms with E-state index in [-0.39, 0.29) is 30.4 Å². The molecule has 0 saturated carbocycles. The Morgan fingerprint density at radius 3 is 2.59 bits per heavy atom. The van der Waals surface area contributed by atoms with Gasteiger partial charge in [0, 0.05) is 44.0 Å². The van der Waals surface area contributed by atoms with Crippen molar-refractivity contribution >= 4 is 17.6 Å². The van der Waals surface area contributed by atoms with E-state index < -0.39 is 0 Å². The van der Waals surface area contributed by atoms with Gasteiger partial charge in [0.05, 0.1) is 5.69 Å². The average Bonchev–Trinajstić information content (AvgIpc) is 3.31. The first-order valence-electron chi connectivity index (χ1n) is 9.73. The number of hydrogen-bond donors (Lipinski definition) is 1. The highest BCUT2D eigenvalue weighted by Crippen LogP contribution is 2.34. The highest BCUT2D eigenvalue weighted by molar-refractivity contribution is 5.92. The Balaban J connectivity index is 1.35. The zero-order chi connectivity index (χ0) is 20.4. The molecule has 1 aromatic carbocycles. The molecule has 4 rings (SSSR count). The van der Waals surface area contributed by atoms with Gasteiger partial charge in [-0.05, 0) is 24.5 Å². The highest BCUT2D eigenvalue weighted by atomic mass is 16.7. The number of amides is 3. The minimum Gasteiger partial charge on any atom is -0.454 e. The summed E-state index contributed by atoms with van der Waals surface area (Å²) in [6.07, 6.45) is 0.686. The van der Waals surface area contributed by atoms with Gasteiger partial charge in [0.2, 0.25) is 12.6 Å². The van der Waals surface area contributed by atoms with Gasteiger partial charge >= 0.3 is 6.03 Å². The second kappa shape index (κ2) is 8.02. The Morgan fingerprint density at radius 2 is 1.79 bits per heavy atom. The standard InChI is InChI=1S/C20H24N4O5/c1-13(2)15-11-18(29-22-15)19(25)23-6-3-7-24(9-8-23)20(26)21-14-4-5-16-17(10-14)28-12-27-16/h4-5,10-11,13H,3,6-9,12H2,1-2H3,(H,21,26). The molecule has 0 unspecified atom stereocenters. The summed E-state index contributed by atoms with van der Waals surface area (Å²) in [6, 6.07) is 6.77. The summed E-state index contributed by atoms with van der Waals surface area (Å²) < 4.78 is 15.8. The van der Waals surface area contributed by atoms with Crippen LogP contribution in [0.3, 0.4) is 0 Å². The molecule has 29 heavy (non-hydrogen) atoms. The van der Waals surface area contributed by atoms with Gasteiger partial charge < -0.3 is 29.1 Å². The lowest BCUT2D eigenvalue weighted by Crippen LogP contribution is -2.39. The summed E-state index contributed by atoms with van der Waals surface area (Å²) >= 11 is 0. The minimum absolute atomic E-state index is 0.187. The Kier molecular flexibility index (Phi) is 5.28. The van der Waals surface area contributed by atoms with E-state index >= 15 is 0 Å². The number of ether oxygens (including phenoxy) is 2. The number of benzene rings is 1. The van der Waals surface area contributed by atoms with E-state index in [2.05, 4.69) is 10.5 Å². The largest absolute Gasteiger partial charge is 0.454 e. The molecule has 3 heterocycles. The fraction of sp³-hybridized carbons (Fsp3) is 0.450. The number of hydrogen-bond acceptors (Lipinski definition) is 6. The Hall–Kier alpha value is -3.23. The molecule has 0 bridgehead atoms. The maximum Gasteiger partial charge on any atom is 0.321 e. The van der Waals surface area contributed by atoms with Gasteiger partial charge in [0.1, 0.15) is 0 Å². The number of nitrogens with one attached hydrogen (secondary N) is 1. The molecule has 3 amide bonds. The number of carbonyl (C=O) groups excluding carboxylic acids is 2. The third-order valence-electron chi connectivity index (χ3n) is 5.02. The topological polar surface area (TPSA) is 97.1 Å². The van der Waals surface area contributed by atoms with Crippen molar-refractivity contribution in [3.63, 3.8) is 0 Å². The van der Waals surface area contributed by atoms with Crippen LogP contribution < -0.4 is 14.8 Å². The van der Waals surface area contributed by atoms with Crippen LogP contribution >= 0.6 is 0 Å². The first kappa shape index (κ1) is 19.1. The summed E-state index contributed by atoms with van der Waals surface area (Å²) in [5.41, 5.74) is 1.40. The molecule has 2 aromatic rings. The molecule has 1 fully saturated rings. The lowest BCUT2D eigenvalue weighted by molar-refractivity contribution is 0.0720. The summed E-state index contributed by atoms with van der Waals surface area (Å²) in [7, 11) is 0. The van der Waals surface area contributed by atoms with E-state index in [1.54, 1.807) is 34.1 Å². The fourth-order valence-corrected chi connectivity index (χ4v) is 3.32. The van der Waals surface area contributed by atoms with Crippen LogP contribution in [0.15, 0.2) is 28.8 Å². The SMILES string of the molecule is CC(C)c1cc(C(=O)N2CCCN(C(=O)Nc3ccc4c(c3)OCO4)CC2)on1. The smallest absolute Gasteiger partial charge is 0.321 e. The van der Waals surface area contributed by atoms with E-state index in [0.29, 0.717) is 49.8 Å². The third-order valence-corrected chi connectivity index (χ3v) is 5.02. The number of anilines is 1. The van der Waals surface area contributed by atoms with Crippen molar-refractivity contribution in [3.8, 4) is 11.5 Å². The van der Waals surface area contributed by atoms with Crippen molar-refractivity contribution in [2.45, 2.75) is 26.2 Å². The van der Waals surface area contributed by atoms with Gasteiger partial charge in [-0.1, -0.05) is 19.0 Å². The maximum atomic E-state index is 12.7. The maximum absolute atomic E-state index is 12.7. The lowest BCUT2D eigenvalue weighted by Gasteiger charge is -2.22. The first-order valence-corrected chi connectivity index (χ1v) is 9.73. The lowest BCUT2D eigenvalue weighted by atomic mass is 10.1. The molecule has 9 nitrogen and oxygen atoms in total. The number of nitrogens with zero attached hydrogens (tertiary/aromatic N) is 3. The van der Waals surface area contributed by atoms with Gasteiger partial charge in [-0.3, -0.25) is 4.79 Å². The second-order valence-corrected chi connectivity index (χ2v) is 7.40. The zero-order valence-electron chi connectivity index (χ0n) is 16.5. The predicted molar refractivity (Wildman–Crippen MR) is 104 cm³/mol. The fourth-order valence-electron chi connectivity index (χ4n) is 3.32. The van der Waals surface area contributed by atoms with Crippen LogP contribution in [-0.4, -0.2) is 59.9 Å². The Morgan fingerprint density at radius 1 is 1.03 bits per heavy atom. The molecule has 1 N–H and O–H groups in total. The van der Waals surface area contributed by atoms with Crippen molar-refractivity contribution in [1.29, 1.82) is 0 Å². The summed E-state index contributed by atoms with van der Waals surface area (Å²) in [4.78, 5) is 28.8. The number of aromatic nitrogens is 1. The molecule has 9 heteroatoms. The Labute approximate surface area is 168 Å². The molecule has 1 saturated heterocycles. The quantitative estimate of drug-likeness (QED) is 0.851. The molecular weight excluding hydrogens is 376 g/mol. The number of carbonyl (C=O) groups is 2. The number of urea groups is 1. The van der Waals surface area contributed by atoms with Gasteiger partial charge in [-0.15, -0.1) is 0 Å². The minimum atomic E-state index is -0.208. The highest BCUT2D eigenvalue weighted by Gasteiger charge is 2.26. The van der Waals surface area contributed by atoms with E-state index in [9.17, 15) is 9.59 Å². The number of rotatable bonds is 3.